The molecule has 0 bridgehead atoms. The molecule has 0 heterocycles. The second-order valence-electron chi connectivity index (χ2n) is 6.34. The fraction of sp³-hybridized carbons (Fsp3) is 0.350. The highest BCUT2D eigenvalue weighted by Gasteiger charge is 2.08. The van der Waals surface area contributed by atoms with Crippen molar-refractivity contribution in [3.8, 4) is 0 Å². The Kier molecular flexibility index (Phi) is 7.68. The summed E-state index contributed by atoms with van der Waals surface area (Å²) in [6.07, 6.45) is 1.94. The molecule has 0 aliphatic heterocycles. The number of aliphatic imine (C=N–C) groups is 1. The van der Waals surface area contributed by atoms with E-state index in [9.17, 15) is 8.42 Å². The van der Waals surface area contributed by atoms with Crippen LogP contribution < -0.4 is 10.6 Å². The quantitative estimate of drug-likeness (QED) is 0.543. The highest BCUT2D eigenvalue weighted by molar-refractivity contribution is 7.90. The minimum atomic E-state index is -3.16. The largest absolute Gasteiger partial charge is 0.357 e. The van der Waals surface area contributed by atoms with E-state index in [2.05, 4.69) is 22.5 Å². The van der Waals surface area contributed by atoms with E-state index in [1.807, 2.05) is 43.3 Å². The molecule has 146 valence electrons. The maximum atomic E-state index is 11.5. The molecule has 2 aromatic rings. The van der Waals surface area contributed by atoms with Gasteiger partial charge in [-0.1, -0.05) is 35.9 Å². The van der Waals surface area contributed by atoms with Crippen LogP contribution in [0.3, 0.4) is 0 Å². The van der Waals surface area contributed by atoms with Gasteiger partial charge in [0.15, 0.2) is 15.8 Å². The van der Waals surface area contributed by atoms with Gasteiger partial charge < -0.3 is 10.6 Å². The summed E-state index contributed by atoms with van der Waals surface area (Å²) < 4.78 is 23.0. The molecule has 2 aromatic carbocycles. The van der Waals surface area contributed by atoms with Crippen LogP contribution in [0.1, 0.15) is 31.0 Å². The van der Waals surface area contributed by atoms with Crippen LogP contribution in [0.2, 0.25) is 5.02 Å². The van der Waals surface area contributed by atoms with Crippen molar-refractivity contribution in [1.82, 2.24) is 10.6 Å². The third kappa shape index (κ3) is 6.88. The highest BCUT2D eigenvalue weighted by atomic mass is 35.5. The zero-order valence-corrected chi connectivity index (χ0v) is 17.4. The summed E-state index contributed by atoms with van der Waals surface area (Å²) in [6.45, 7) is 5.46. The Balaban J connectivity index is 1.97. The van der Waals surface area contributed by atoms with Gasteiger partial charge >= 0.3 is 0 Å². The third-order valence-electron chi connectivity index (χ3n) is 4.09. The zero-order valence-electron chi connectivity index (χ0n) is 15.9. The van der Waals surface area contributed by atoms with Crippen LogP contribution in [0.25, 0.3) is 0 Å². The maximum absolute atomic E-state index is 11.5. The molecule has 0 saturated carbocycles. The van der Waals surface area contributed by atoms with Crippen molar-refractivity contribution in [2.24, 2.45) is 4.99 Å². The molecule has 0 aromatic heterocycles. The number of hydrogen-bond acceptors (Lipinski definition) is 3. The lowest BCUT2D eigenvalue weighted by Crippen LogP contribution is -2.38. The number of nitrogens with zero attached hydrogens (tertiary/aromatic N) is 1. The van der Waals surface area contributed by atoms with E-state index in [1.54, 1.807) is 12.1 Å². The van der Waals surface area contributed by atoms with Gasteiger partial charge in [-0.05, 0) is 55.7 Å². The summed E-state index contributed by atoms with van der Waals surface area (Å²) >= 11 is 5.94. The first-order valence-electron chi connectivity index (χ1n) is 8.89. The Hall–Kier alpha value is -2.05. The highest BCUT2D eigenvalue weighted by Crippen LogP contribution is 2.16. The van der Waals surface area contributed by atoms with Gasteiger partial charge in [0.1, 0.15) is 0 Å². The second-order valence-corrected chi connectivity index (χ2v) is 8.80. The van der Waals surface area contributed by atoms with E-state index in [1.165, 1.54) is 6.26 Å². The lowest BCUT2D eigenvalue weighted by Gasteiger charge is -2.18. The van der Waals surface area contributed by atoms with Crippen LogP contribution in [0.4, 0.5) is 0 Å². The third-order valence-corrected chi connectivity index (χ3v) is 5.47. The Morgan fingerprint density at radius 3 is 2.30 bits per heavy atom. The van der Waals surface area contributed by atoms with Gasteiger partial charge in [-0.15, -0.1) is 0 Å². The van der Waals surface area contributed by atoms with Crippen molar-refractivity contribution < 1.29 is 8.42 Å². The second kappa shape index (κ2) is 9.76. The average molecular weight is 408 g/mol. The van der Waals surface area contributed by atoms with Crippen LogP contribution in [-0.4, -0.2) is 33.7 Å². The predicted octanol–water partition coefficient (Wildman–Crippen LogP) is 3.60. The van der Waals surface area contributed by atoms with Crippen molar-refractivity contribution in [2.75, 3.05) is 19.3 Å². The predicted molar refractivity (Wildman–Crippen MR) is 112 cm³/mol. The van der Waals surface area contributed by atoms with Crippen LogP contribution in [0, 0.1) is 0 Å². The average Bonchev–Trinajstić information content (AvgIpc) is 2.62. The Morgan fingerprint density at radius 1 is 1.11 bits per heavy atom. The molecule has 27 heavy (non-hydrogen) atoms. The summed E-state index contributed by atoms with van der Waals surface area (Å²) in [5.74, 6) is 0.743. The molecule has 0 amide bonds. The molecule has 0 fully saturated rings. The van der Waals surface area contributed by atoms with Crippen LogP contribution in [0.15, 0.2) is 58.4 Å². The van der Waals surface area contributed by atoms with E-state index in [-0.39, 0.29) is 6.04 Å². The van der Waals surface area contributed by atoms with E-state index in [4.69, 9.17) is 11.6 Å². The standard InChI is InChI=1S/C20H26ClN3O2S/c1-4-22-20(24-15(2)17-7-9-18(21)10-8-17)23-14-13-16-5-11-19(12-6-16)27(3,25)26/h5-12,15H,4,13-14H2,1-3H3,(H2,22,23,24). The van der Waals surface area contributed by atoms with Crippen molar-refractivity contribution in [1.29, 1.82) is 0 Å². The molecular weight excluding hydrogens is 382 g/mol. The molecule has 2 N–H and O–H groups in total. The molecule has 1 atom stereocenters. The summed E-state index contributed by atoms with van der Waals surface area (Å²) in [5.41, 5.74) is 2.18. The molecule has 0 aliphatic rings. The topological polar surface area (TPSA) is 70.6 Å². The van der Waals surface area contributed by atoms with Gasteiger partial charge in [0.2, 0.25) is 0 Å². The number of hydrogen-bond donors (Lipinski definition) is 2. The Bertz CT molecular complexity index is 863. The number of guanidine groups is 1. The number of halogens is 1. The zero-order chi connectivity index (χ0) is 19.9. The van der Waals surface area contributed by atoms with Crippen molar-refractivity contribution >= 4 is 27.4 Å². The first-order valence-corrected chi connectivity index (χ1v) is 11.2. The lowest BCUT2D eigenvalue weighted by atomic mass is 10.1. The summed E-state index contributed by atoms with van der Waals surface area (Å²) in [6, 6.07) is 14.8. The molecular formula is C20H26ClN3O2S. The first-order chi connectivity index (χ1) is 12.8. The minimum absolute atomic E-state index is 0.0918. The van der Waals surface area contributed by atoms with Crippen molar-refractivity contribution in [3.05, 3.63) is 64.7 Å². The summed E-state index contributed by atoms with van der Waals surface area (Å²) in [5, 5.41) is 7.34. The smallest absolute Gasteiger partial charge is 0.191 e. The first kappa shape index (κ1) is 21.3. The van der Waals surface area contributed by atoms with Gasteiger partial charge in [0, 0.05) is 24.4 Å². The van der Waals surface area contributed by atoms with Crippen LogP contribution >= 0.6 is 11.6 Å². The monoisotopic (exact) mass is 407 g/mol. The normalized spacial score (nSPS) is 13.3. The van der Waals surface area contributed by atoms with Crippen molar-refractivity contribution in [2.45, 2.75) is 31.2 Å². The Labute approximate surface area is 166 Å². The van der Waals surface area contributed by atoms with Gasteiger partial charge in [0.05, 0.1) is 10.9 Å². The molecule has 0 radical (unpaired) electrons. The fourth-order valence-corrected chi connectivity index (χ4v) is 3.32. The van der Waals surface area contributed by atoms with Gasteiger partial charge in [-0.2, -0.15) is 0 Å². The molecule has 0 aliphatic carbocycles. The Morgan fingerprint density at radius 2 is 1.74 bits per heavy atom. The van der Waals surface area contributed by atoms with Gasteiger partial charge in [0.25, 0.3) is 0 Å². The lowest BCUT2D eigenvalue weighted by molar-refractivity contribution is 0.602. The van der Waals surface area contributed by atoms with E-state index < -0.39 is 9.84 Å². The maximum Gasteiger partial charge on any atom is 0.191 e. The van der Waals surface area contributed by atoms with Crippen molar-refractivity contribution in [3.63, 3.8) is 0 Å². The molecule has 0 saturated heterocycles. The SMILES string of the molecule is CCNC(=NCCc1ccc(S(C)(=O)=O)cc1)NC(C)c1ccc(Cl)cc1. The molecule has 2 rings (SSSR count). The number of nitrogens with one attached hydrogen (secondary N) is 2. The number of sulfone groups is 1. The van der Waals surface area contributed by atoms with Crippen LogP contribution in [0.5, 0.6) is 0 Å². The molecule has 1 unspecified atom stereocenters. The molecule has 0 spiro atoms. The van der Waals surface area contributed by atoms with Gasteiger partial charge in [-0.25, -0.2) is 8.42 Å². The van der Waals surface area contributed by atoms with Gasteiger partial charge in [-0.3, -0.25) is 4.99 Å². The molecule has 5 nitrogen and oxygen atoms in total. The van der Waals surface area contributed by atoms with Crippen LogP contribution in [-0.2, 0) is 16.3 Å². The van der Waals surface area contributed by atoms with E-state index in [0.29, 0.717) is 16.5 Å². The van der Waals surface area contributed by atoms with E-state index >= 15 is 0 Å². The fourth-order valence-electron chi connectivity index (χ4n) is 2.56. The van der Waals surface area contributed by atoms with E-state index in [0.717, 1.165) is 30.1 Å². The number of rotatable bonds is 7. The molecule has 7 heteroatoms. The summed E-state index contributed by atoms with van der Waals surface area (Å²) in [7, 11) is -3.16. The summed E-state index contributed by atoms with van der Waals surface area (Å²) in [4.78, 5) is 4.95. The number of benzene rings is 2. The minimum Gasteiger partial charge on any atom is -0.357 e.